The minimum absolute atomic E-state index is 0.0745. The van der Waals surface area contributed by atoms with Crippen molar-refractivity contribution in [2.24, 2.45) is 0 Å². The molecule has 0 bridgehead atoms. The maximum absolute atomic E-state index is 12.9. The Labute approximate surface area is 168 Å². The van der Waals surface area contributed by atoms with Crippen molar-refractivity contribution in [3.05, 3.63) is 69.3 Å². The van der Waals surface area contributed by atoms with E-state index < -0.39 is 16.5 Å². The summed E-state index contributed by atoms with van der Waals surface area (Å²) in [5, 5.41) is 13.5. The summed E-state index contributed by atoms with van der Waals surface area (Å²) in [4.78, 5) is 36.7. The van der Waals surface area contributed by atoms with Crippen LogP contribution < -0.4 is 10.1 Å². The number of benzene rings is 2. The SMILES string of the molecule is Cc1ccc(C)c(OCCCN2C(=O)NC(C)(c3ccc([N+](=O)[O-])cc3)C2=O)c1. The molecular weight excluding hydrogens is 374 g/mol. The number of rotatable bonds is 7. The first kappa shape index (κ1) is 20.3. The van der Waals surface area contributed by atoms with E-state index in [4.69, 9.17) is 4.74 Å². The fourth-order valence-electron chi connectivity index (χ4n) is 3.28. The Morgan fingerprint density at radius 1 is 1.14 bits per heavy atom. The van der Waals surface area contributed by atoms with Gasteiger partial charge in [0.25, 0.3) is 11.6 Å². The molecule has 0 radical (unpaired) electrons. The number of nitrogens with zero attached hydrogens (tertiary/aromatic N) is 2. The quantitative estimate of drug-likeness (QED) is 0.334. The van der Waals surface area contributed by atoms with Crippen molar-refractivity contribution >= 4 is 17.6 Å². The van der Waals surface area contributed by atoms with Gasteiger partial charge in [-0.05, 0) is 62.1 Å². The molecule has 1 saturated heterocycles. The second-order valence-corrected chi connectivity index (χ2v) is 7.29. The van der Waals surface area contributed by atoms with Crippen molar-refractivity contribution in [3.8, 4) is 5.75 Å². The van der Waals surface area contributed by atoms with Crippen molar-refractivity contribution < 1.29 is 19.2 Å². The Balaban J connectivity index is 1.62. The van der Waals surface area contributed by atoms with Gasteiger partial charge in [-0.1, -0.05) is 12.1 Å². The topological polar surface area (TPSA) is 102 Å². The zero-order chi connectivity index (χ0) is 21.2. The molecule has 29 heavy (non-hydrogen) atoms. The second-order valence-electron chi connectivity index (χ2n) is 7.29. The maximum Gasteiger partial charge on any atom is 0.325 e. The zero-order valence-electron chi connectivity index (χ0n) is 16.6. The second kappa shape index (κ2) is 7.90. The summed E-state index contributed by atoms with van der Waals surface area (Å²) in [6.07, 6.45) is 0.489. The molecule has 152 valence electrons. The van der Waals surface area contributed by atoms with Gasteiger partial charge in [-0.25, -0.2) is 4.79 Å². The Hall–Kier alpha value is -3.42. The minimum atomic E-state index is -1.25. The van der Waals surface area contributed by atoms with Gasteiger partial charge in [0, 0.05) is 18.7 Å². The van der Waals surface area contributed by atoms with Crippen molar-refractivity contribution in [1.29, 1.82) is 0 Å². The molecule has 0 spiro atoms. The number of ether oxygens (including phenoxy) is 1. The lowest BCUT2D eigenvalue weighted by atomic mass is 9.92. The molecule has 1 unspecified atom stereocenters. The van der Waals surface area contributed by atoms with Crippen LogP contribution in [0.1, 0.15) is 30.0 Å². The van der Waals surface area contributed by atoms with E-state index in [-0.39, 0.29) is 18.1 Å². The van der Waals surface area contributed by atoms with Crippen LogP contribution >= 0.6 is 0 Å². The number of non-ortho nitro benzene ring substituents is 1. The lowest BCUT2D eigenvalue weighted by Crippen LogP contribution is -2.41. The van der Waals surface area contributed by atoms with Gasteiger partial charge in [-0.2, -0.15) is 0 Å². The van der Waals surface area contributed by atoms with Crippen molar-refractivity contribution in [1.82, 2.24) is 10.2 Å². The minimum Gasteiger partial charge on any atom is -0.493 e. The third-order valence-electron chi connectivity index (χ3n) is 5.06. The first-order chi connectivity index (χ1) is 13.7. The number of carbonyl (C=O) groups excluding carboxylic acids is 2. The highest BCUT2D eigenvalue weighted by molar-refractivity contribution is 6.07. The standard InChI is InChI=1S/C21H23N3O5/c1-14-5-6-15(2)18(13-14)29-12-4-11-23-19(25)21(3,22-20(23)26)16-7-9-17(10-8-16)24(27)28/h5-10,13H,4,11-12H2,1-3H3,(H,22,26). The number of urea groups is 1. The average Bonchev–Trinajstić information content (AvgIpc) is 2.91. The first-order valence-electron chi connectivity index (χ1n) is 9.31. The third kappa shape index (κ3) is 4.06. The summed E-state index contributed by atoms with van der Waals surface area (Å²) in [5.74, 6) is 0.404. The number of hydrogen-bond acceptors (Lipinski definition) is 5. The summed E-state index contributed by atoms with van der Waals surface area (Å²) in [6, 6.07) is 11.1. The van der Waals surface area contributed by atoms with Gasteiger partial charge in [0.1, 0.15) is 11.3 Å². The Morgan fingerprint density at radius 2 is 1.83 bits per heavy atom. The molecule has 8 nitrogen and oxygen atoms in total. The number of hydrogen-bond donors (Lipinski definition) is 1. The fraction of sp³-hybridized carbons (Fsp3) is 0.333. The fourth-order valence-corrected chi connectivity index (χ4v) is 3.28. The lowest BCUT2D eigenvalue weighted by molar-refractivity contribution is -0.384. The smallest absolute Gasteiger partial charge is 0.325 e. The number of nitrogens with one attached hydrogen (secondary N) is 1. The van der Waals surface area contributed by atoms with Crippen molar-refractivity contribution in [2.45, 2.75) is 32.7 Å². The Kier molecular flexibility index (Phi) is 5.54. The molecule has 1 atom stereocenters. The van der Waals surface area contributed by atoms with E-state index in [1.165, 1.54) is 24.3 Å². The maximum atomic E-state index is 12.9. The molecule has 1 heterocycles. The highest BCUT2D eigenvalue weighted by Crippen LogP contribution is 2.30. The van der Waals surface area contributed by atoms with Crippen LogP contribution in [-0.2, 0) is 10.3 Å². The molecule has 2 aromatic carbocycles. The van der Waals surface area contributed by atoms with Crippen LogP contribution in [0, 0.1) is 24.0 Å². The van der Waals surface area contributed by atoms with Gasteiger partial charge in [0.15, 0.2) is 0 Å². The molecule has 3 amide bonds. The predicted molar refractivity (Wildman–Crippen MR) is 107 cm³/mol. The van der Waals surface area contributed by atoms with Crippen molar-refractivity contribution in [2.75, 3.05) is 13.2 Å². The van der Waals surface area contributed by atoms with Crippen LogP contribution in [0.15, 0.2) is 42.5 Å². The molecule has 1 aliphatic heterocycles. The van der Waals surface area contributed by atoms with Gasteiger partial charge < -0.3 is 10.1 Å². The first-order valence-corrected chi connectivity index (χ1v) is 9.31. The number of carbonyl (C=O) groups is 2. The van der Waals surface area contributed by atoms with E-state index in [0.717, 1.165) is 21.8 Å². The van der Waals surface area contributed by atoms with Crippen LogP contribution in [0.5, 0.6) is 5.75 Å². The van der Waals surface area contributed by atoms with E-state index in [0.29, 0.717) is 18.6 Å². The van der Waals surface area contributed by atoms with Gasteiger partial charge in [-0.15, -0.1) is 0 Å². The Morgan fingerprint density at radius 3 is 2.48 bits per heavy atom. The Bertz CT molecular complexity index is 957. The lowest BCUT2D eigenvalue weighted by Gasteiger charge is -2.22. The predicted octanol–water partition coefficient (Wildman–Crippen LogP) is 3.45. The van der Waals surface area contributed by atoms with E-state index in [9.17, 15) is 19.7 Å². The molecule has 2 aromatic rings. The molecule has 1 aliphatic rings. The van der Waals surface area contributed by atoms with Crippen LogP contribution in [0.2, 0.25) is 0 Å². The molecule has 0 aromatic heterocycles. The van der Waals surface area contributed by atoms with Gasteiger partial charge in [0.2, 0.25) is 0 Å². The summed E-state index contributed by atoms with van der Waals surface area (Å²) < 4.78 is 5.79. The number of nitro benzene ring substituents is 1. The number of amides is 3. The summed E-state index contributed by atoms with van der Waals surface area (Å²) in [7, 11) is 0. The average molecular weight is 397 g/mol. The zero-order valence-corrected chi connectivity index (χ0v) is 16.6. The molecule has 0 aliphatic carbocycles. The largest absolute Gasteiger partial charge is 0.493 e. The van der Waals surface area contributed by atoms with Gasteiger partial charge >= 0.3 is 6.03 Å². The van der Waals surface area contributed by atoms with Crippen LogP contribution in [-0.4, -0.2) is 34.9 Å². The third-order valence-corrected chi connectivity index (χ3v) is 5.06. The summed E-state index contributed by atoms with van der Waals surface area (Å²) in [5.41, 5.74) is 1.29. The number of nitro groups is 1. The molecule has 1 N–H and O–H groups in total. The normalized spacial score (nSPS) is 18.7. The van der Waals surface area contributed by atoms with Gasteiger partial charge in [-0.3, -0.25) is 19.8 Å². The molecule has 0 saturated carbocycles. The monoisotopic (exact) mass is 397 g/mol. The molecule has 1 fully saturated rings. The van der Waals surface area contributed by atoms with E-state index in [1.807, 2.05) is 32.0 Å². The number of aryl methyl sites for hydroxylation is 2. The van der Waals surface area contributed by atoms with Crippen LogP contribution in [0.4, 0.5) is 10.5 Å². The number of imide groups is 1. The van der Waals surface area contributed by atoms with Crippen LogP contribution in [0.3, 0.4) is 0 Å². The highest BCUT2D eigenvalue weighted by atomic mass is 16.6. The van der Waals surface area contributed by atoms with E-state index >= 15 is 0 Å². The molecule has 8 heteroatoms. The van der Waals surface area contributed by atoms with Crippen molar-refractivity contribution in [3.63, 3.8) is 0 Å². The van der Waals surface area contributed by atoms with Gasteiger partial charge in [0.05, 0.1) is 11.5 Å². The molecule has 3 rings (SSSR count). The molecular formula is C21H23N3O5. The van der Waals surface area contributed by atoms with E-state index in [2.05, 4.69) is 5.32 Å². The summed E-state index contributed by atoms with van der Waals surface area (Å²) in [6.45, 7) is 6.13. The van der Waals surface area contributed by atoms with E-state index in [1.54, 1.807) is 6.92 Å². The highest BCUT2D eigenvalue weighted by Gasteiger charge is 2.48. The summed E-state index contributed by atoms with van der Waals surface area (Å²) >= 11 is 0. The van der Waals surface area contributed by atoms with Crippen LogP contribution in [0.25, 0.3) is 0 Å².